The van der Waals surface area contributed by atoms with Gasteiger partial charge in [0.25, 0.3) is 5.91 Å². The summed E-state index contributed by atoms with van der Waals surface area (Å²) in [6, 6.07) is 11.7. The van der Waals surface area contributed by atoms with Crippen LogP contribution in [0.5, 0.6) is 11.5 Å². The van der Waals surface area contributed by atoms with Gasteiger partial charge in [-0.15, -0.1) is 0 Å². The molecule has 0 N–H and O–H groups in total. The molecule has 0 aliphatic rings. The number of methoxy groups -OCH3 is 2. The Bertz CT molecular complexity index is 1020. The number of ether oxygens (including phenoxy) is 2. The van der Waals surface area contributed by atoms with Crippen LogP contribution < -0.4 is 9.47 Å². The molecule has 0 atom stereocenters. The number of carbonyl (C=O) groups is 1. The minimum absolute atomic E-state index is 0.133. The van der Waals surface area contributed by atoms with Crippen LogP contribution in [0.25, 0.3) is 21.9 Å². The highest BCUT2D eigenvalue weighted by atomic mass is 16.5. The molecule has 3 aromatic rings. The summed E-state index contributed by atoms with van der Waals surface area (Å²) in [6.45, 7) is 5.99. The van der Waals surface area contributed by atoms with E-state index in [-0.39, 0.29) is 11.4 Å². The first kappa shape index (κ1) is 19.7. The molecule has 0 fully saturated rings. The smallest absolute Gasteiger partial charge is 0.258 e. The molecule has 0 saturated heterocycles. The number of benzene rings is 2. The number of hydrogen-bond acceptors (Lipinski definition) is 4. The predicted molar refractivity (Wildman–Crippen MR) is 112 cm³/mol. The summed E-state index contributed by atoms with van der Waals surface area (Å²) in [5, 5.41) is 2.04. The maximum Gasteiger partial charge on any atom is 0.258 e. The summed E-state index contributed by atoms with van der Waals surface area (Å²) in [5.74, 6) is 0.810. The van der Waals surface area contributed by atoms with Crippen molar-refractivity contribution in [3.8, 4) is 22.6 Å². The summed E-state index contributed by atoms with van der Waals surface area (Å²) < 4.78 is 11.1. The molecule has 146 valence electrons. The zero-order chi connectivity index (χ0) is 20.5. The average Bonchev–Trinajstić information content (AvgIpc) is 2.70. The summed E-state index contributed by atoms with van der Waals surface area (Å²) in [4.78, 5) is 19.6. The van der Waals surface area contributed by atoms with Crippen LogP contribution in [0.3, 0.4) is 0 Å². The Kier molecular flexibility index (Phi) is 5.27. The molecule has 0 radical (unpaired) electrons. The largest absolute Gasteiger partial charge is 0.493 e. The van der Waals surface area contributed by atoms with Gasteiger partial charge in [-0.05, 0) is 38.3 Å². The molecule has 0 unspecified atom stereocenters. The molecular formula is C23H26N2O3. The highest BCUT2D eigenvalue weighted by Gasteiger charge is 2.30. The Morgan fingerprint density at radius 1 is 0.964 bits per heavy atom. The number of rotatable bonds is 4. The molecule has 2 aromatic carbocycles. The van der Waals surface area contributed by atoms with Gasteiger partial charge in [0, 0.05) is 41.5 Å². The zero-order valence-electron chi connectivity index (χ0n) is 17.2. The van der Waals surface area contributed by atoms with Crippen LogP contribution in [-0.2, 0) is 0 Å². The highest BCUT2D eigenvalue weighted by molar-refractivity contribution is 6.08. The molecule has 5 heteroatoms. The Labute approximate surface area is 165 Å². The third-order valence-corrected chi connectivity index (χ3v) is 5.03. The average molecular weight is 378 g/mol. The van der Waals surface area contributed by atoms with E-state index in [4.69, 9.17) is 9.47 Å². The second kappa shape index (κ2) is 7.50. The van der Waals surface area contributed by atoms with Gasteiger partial charge in [-0.3, -0.25) is 9.78 Å². The van der Waals surface area contributed by atoms with Crippen molar-refractivity contribution in [3.05, 3.63) is 54.4 Å². The fourth-order valence-electron chi connectivity index (χ4n) is 3.17. The van der Waals surface area contributed by atoms with Gasteiger partial charge in [-0.1, -0.05) is 24.3 Å². The first-order chi connectivity index (χ1) is 13.3. The summed E-state index contributed by atoms with van der Waals surface area (Å²) >= 11 is 0. The molecular weight excluding hydrogens is 352 g/mol. The first-order valence-corrected chi connectivity index (χ1v) is 9.16. The molecule has 1 aromatic heterocycles. The maximum absolute atomic E-state index is 13.5. The number of carbonyl (C=O) groups excluding carboxylic acids is 1. The van der Waals surface area contributed by atoms with Gasteiger partial charge in [0.2, 0.25) is 0 Å². The minimum atomic E-state index is -0.348. The van der Waals surface area contributed by atoms with E-state index in [9.17, 15) is 4.79 Å². The van der Waals surface area contributed by atoms with Gasteiger partial charge in [-0.25, -0.2) is 0 Å². The predicted octanol–water partition coefficient (Wildman–Crippen LogP) is 4.79. The second-order valence-electron chi connectivity index (χ2n) is 7.67. The van der Waals surface area contributed by atoms with Gasteiger partial charge in [0.15, 0.2) is 11.5 Å². The monoisotopic (exact) mass is 378 g/mol. The zero-order valence-corrected chi connectivity index (χ0v) is 17.2. The molecule has 0 aliphatic heterocycles. The van der Waals surface area contributed by atoms with Crippen molar-refractivity contribution in [2.45, 2.75) is 26.3 Å². The van der Waals surface area contributed by atoms with Crippen LogP contribution >= 0.6 is 0 Å². The molecule has 0 aliphatic carbocycles. The van der Waals surface area contributed by atoms with E-state index in [1.54, 1.807) is 32.4 Å². The van der Waals surface area contributed by atoms with E-state index < -0.39 is 0 Å². The van der Waals surface area contributed by atoms with Crippen LogP contribution in [0, 0.1) is 0 Å². The maximum atomic E-state index is 13.5. The summed E-state index contributed by atoms with van der Waals surface area (Å²) in [5.41, 5.74) is 1.77. The Hall–Kier alpha value is -3.08. The number of amides is 1. The van der Waals surface area contributed by atoms with Crippen molar-refractivity contribution in [2.24, 2.45) is 0 Å². The number of pyridine rings is 1. The lowest BCUT2D eigenvalue weighted by Crippen LogP contribution is -2.42. The van der Waals surface area contributed by atoms with E-state index in [0.717, 1.165) is 21.9 Å². The fraction of sp³-hybridized carbons (Fsp3) is 0.304. The molecule has 1 amide bonds. The highest BCUT2D eigenvalue weighted by Crippen LogP contribution is 2.41. The Balaban J connectivity index is 2.34. The molecule has 1 heterocycles. The Morgan fingerprint density at radius 2 is 1.68 bits per heavy atom. The van der Waals surface area contributed by atoms with Crippen molar-refractivity contribution in [2.75, 3.05) is 21.3 Å². The number of nitrogens with zero attached hydrogens (tertiary/aromatic N) is 2. The lowest BCUT2D eigenvalue weighted by molar-refractivity contribution is 0.0652. The fourth-order valence-corrected chi connectivity index (χ4v) is 3.17. The molecule has 3 rings (SSSR count). The van der Waals surface area contributed by atoms with Crippen LogP contribution in [0.1, 0.15) is 31.1 Å². The lowest BCUT2D eigenvalue weighted by atomic mass is 9.94. The van der Waals surface area contributed by atoms with Gasteiger partial charge >= 0.3 is 0 Å². The third-order valence-electron chi connectivity index (χ3n) is 5.03. The number of aromatic nitrogens is 1. The summed E-state index contributed by atoms with van der Waals surface area (Å²) in [6.07, 6.45) is 3.61. The van der Waals surface area contributed by atoms with Crippen molar-refractivity contribution < 1.29 is 14.3 Å². The molecule has 0 saturated carbocycles. The van der Waals surface area contributed by atoms with E-state index in [0.29, 0.717) is 17.1 Å². The summed E-state index contributed by atoms with van der Waals surface area (Å²) in [7, 11) is 4.92. The van der Waals surface area contributed by atoms with Gasteiger partial charge in [0.1, 0.15) is 0 Å². The van der Waals surface area contributed by atoms with E-state index in [2.05, 4.69) is 4.98 Å². The quantitative estimate of drug-likeness (QED) is 0.655. The standard InChI is InChI=1S/C23H26N2O3/c1-23(2,3)25(4)22(26)20-17(11-12-19(27-5)21(20)28-6)18-14-24-13-15-9-7-8-10-16(15)18/h7-14H,1-6H3. The first-order valence-electron chi connectivity index (χ1n) is 9.16. The van der Waals surface area contributed by atoms with Crippen LogP contribution in [0.2, 0.25) is 0 Å². The number of hydrogen-bond donors (Lipinski definition) is 0. The third kappa shape index (κ3) is 3.40. The second-order valence-corrected chi connectivity index (χ2v) is 7.67. The molecule has 0 bridgehead atoms. The topological polar surface area (TPSA) is 51.7 Å². The van der Waals surface area contributed by atoms with E-state index in [1.807, 2.05) is 63.4 Å². The van der Waals surface area contributed by atoms with Gasteiger partial charge in [-0.2, -0.15) is 0 Å². The molecule has 0 spiro atoms. The van der Waals surface area contributed by atoms with E-state index in [1.165, 1.54) is 0 Å². The molecule has 5 nitrogen and oxygen atoms in total. The lowest BCUT2D eigenvalue weighted by Gasteiger charge is -2.33. The normalized spacial score (nSPS) is 11.4. The SMILES string of the molecule is COc1ccc(-c2cncc3ccccc23)c(C(=O)N(C)C(C)(C)C)c1OC. The van der Waals surface area contributed by atoms with Crippen LogP contribution in [0.4, 0.5) is 0 Å². The minimum Gasteiger partial charge on any atom is -0.493 e. The van der Waals surface area contributed by atoms with Gasteiger partial charge in [0.05, 0.1) is 19.8 Å². The Morgan fingerprint density at radius 3 is 2.32 bits per heavy atom. The van der Waals surface area contributed by atoms with Crippen LogP contribution in [0.15, 0.2) is 48.8 Å². The number of fused-ring (bicyclic) bond motifs is 1. The van der Waals surface area contributed by atoms with Crippen LogP contribution in [-0.4, -0.2) is 42.6 Å². The van der Waals surface area contributed by atoms with Gasteiger partial charge < -0.3 is 14.4 Å². The van der Waals surface area contributed by atoms with Crippen molar-refractivity contribution in [3.63, 3.8) is 0 Å². The van der Waals surface area contributed by atoms with E-state index >= 15 is 0 Å². The van der Waals surface area contributed by atoms with Crippen molar-refractivity contribution in [1.29, 1.82) is 0 Å². The van der Waals surface area contributed by atoms with Crippen molar-refractivity contribution in [1.82, 2.24) is 9.88 Å². The molecule has 28 heavy (non-hydrogen) atoms. The van der Waals surface area contributed by atoms with Crippen molar-refractivity contribution >= 4 is 16.7 Å².